The van der Waals surface area contributed by atoms with Crippen molar-refractivity contribution in [1.29, 1.82) is 0 Å². The average molecular weight is 294 g/mol. The quantitative estimate of drug-likeness (QED) is 0.482. The maximum absolute atomic E-state index is 13.1. The molecule has 2 aromatic carbocycles. The Kier molecular flexibility index (Phi) is 4.02. The highest BCUT2D eigenvalue weighted by Crippen LogP contribution is 2.26. The summed E-state index contributed by atoms with van der Waals surface area (Å²) in [6.45, 7) is 0. The molecule has 2 rings (SSSR count). The Labute approximate surface area is 117 Å². The number of nitrogens with zero attached hydrogens (tertiary/aromatic N) is 2. The molecule has 0 fully saturated rings. The Morgan fingerprint density at radius 2 is 1.57 bits per heavy atom. The number of benzene rings is 2. The summed E-state index contributed by atoms with van der Waals surface area (Å²) < 4.78 is 39.2. The molecule has 0 N–H and O–H groups in total. The molecular weight excluding hydrogens is 285 g/mol. The van der Waals surface area contributed by atoms with Gasteiger partial charge in [0.15, 0.2) is 5.71 Å². The highest BCUT2D eigenvalue weighted by atomic mass is 19.4. The smallest absolute Gasteiger partial charge is 0.258 e. The van der Waals surface area contributed by atoms with E-state index in [0.29, 0.717) is 0 Å². The average Bonchev–Trinajstić information content (AvgIpc) is 2.45. The summed E-state index contributed by atoms with van der Waals surface area (Å²) >= 11 is 0. The Morgan fingerprint density at radius 3 is 2.05 bits per heavy atom. The van der Waals surface area contributed by atoms with Gasteiger partial charge in [0, 0.05) is 17.7 Å². The summed E-state index contributed by atoms with van der Waals surface area (Å²) in [5.41, 5.74) is -1.32. The van der Waals surface area contributed by atoms with Crippen LogP contribution in [-0.2, 0) is 0 Å². The third-order valence-corrected chi connectivity index (χ3v) is 2.62. The Bertz CT molecular complexity index is 665. The van der Waals surface area contributed by atoms with Crippen LogP contribution in [0.2, 0.25) is 0 Å². The van der Waals surface area contributed by atoms with Gasteiger partial charge < -0.3 is 0 Å². The number of alkyl halides is 3. The number of nitro groups is 1. The Balaban J connectivity index is 2.44. The third-order valence-electron chi connectivity index (χ3n) is 2.62. The Hall–Kier alpha value is -2.70. The highest BCUT2D eigenvalue weighted by Gasteiger charge is 2.36. The molecule has 0 aromatic heterocycles. The molecule has 0 bridgehead atoms. The van der Waals surface area contributed by atoms with Crippen LogP contribution >= 0.6 is 0 Å². The van der Waals surface area contributed by atoms with Crippen LogP contribution in [0.4, 0.5) is 24.5 Å². The fraction of sp³-hybridized carbons (Fsp3) is 0.0714. The standard InChI is InChI=1S/C14H9F3N2O2/c15-14(16,17)13(10-4-2-1-3-5-10)18-11-6-8-12(9-7-11)19(20)21/h1-9H. The molecule has 0 saturated carbocycles. The second kappa shape index (κ2) is 5.74. The zero-order valence-electron chi connectivity index (χ0n) is 10.5. The number of rotatable bonds is 3. The van der Waals surface area contributed by atoms with E-state index in [-0.39, 0.29) is 16.9 Å². The van der Waals surface area contributed by atoms with Crippen molar-refractivity contribution in [2.75, 3.05) is 0 Å². The van der Waals surface area contributed by atoms with Crippen LogP contribution in [0.5, 0.6) is 0 Å². The zero-order chi connectivity index (χ0) is 15.5. The number of non-ortho nitro benzene ring substituents is 1. The van der Waals surface area contributed by atoms with Gasteiger partial charge in [0.1, 0.15) is 0 Å². The minimum Gasteiger partial charge on any atom is -0.258 e. The number of hydrogen-bond acceptors (Lipinski definition) is 3. The van der Waals surface area contributed by atoms with Gasteiger partial charge in [-0.1, -0.05) is 30.3 Å². The summed E-state index contributed by atoms with van der Waals surface area (Å²) in [5, 5.41) is 10.5. The minimum absolute atomic E-state index is 0.00298. The predicted molar refractivity (Wildman–Crippen MR) is 71.8 cm³/mol. The number of hydrogen-bond donors (Lipinski definition) is 0. The molecule has 7 heteroatoms. The van der Waals surface area contributed by atoms with Crippen molar-refractivity contribution >= 4 is 17.1 Å². The molecule has 4 nitrogen and oxygen atoms in total. The summed E-state index contributed by atoms with van der Waals surface area (Å²) in [4.78, 5) is 13.4. The van der Waals surface area contributed by atoms with Crippen LogP contribution in [0.15, 0.2) is 59.6 Å². The van der Waals surface area contributed by atoms with E-state index in [0.717, 1.165) is 12.1 Å². The first-order valence-electron chi connectivity index (χ1n) is 5.83. The van der Waals surface area contributed by atoms with Crippen LogP contribution < -0.4 is 0 Å². The lowest BCUT2D eigenvalue weighted by Crippen LogP contribution is -2.23. The number of halogens is 3. The third kappa shape index (κ3) is 3.65. The van der Waals surface area contributed by atoms with Crippen molar-refractivity contribution in [2.24, 2.45) is 4.99 Å². The lowest BCUT2D eigenvalue weighted by Gasteiger charge is -2.10. The molecule has 0 heterocycles. The lowest BCUT2D eigenvalue weighted by molar-refractivity contribution is -0.384. The van der Waals surface area contributed by atoms with Gasteiger partial charge in [-0.25, -0.2) is 4.99 Å². The van der Waals surface area contributed by atoms with Crippen LogP contribution in [0, 0.1) is 10.1 Å². The zero-order valence-corrected chi connectivity index (χ0v) is 10.5. The maximum atomic E-state index is 13.1. The fourth-order valence-electron chi connectivity index (χ4n) is 1.67. The minimum atomic E-state index is -4.62. The Morgan fingerprint density at radius 1 is 1.00 bits per heavy atom. The largest absolute Gasteiger partial charge is 0.433 e. The molecule has 0 spiro atoms. The van der Waals surface area contributed by atoms with Crippen LogP contribution in [0.1, 0.15) is 5.56 Å². The van der Waals surface area contributed by atoms with Gasteiger partial charge in [0.25, 0.3) is 5.69 Å². The van der Waals surface area contributed by atoms with Gasteiger partial charge >= 0.3 is 6.18 Å². The number of aliphatic imine (C=N–C) groups is 1. The van der Waals surface area contributed by atoms with E-state index in [1.54, 1.807) is 6.07 Å². The fourth-order valence-corrected chi connectivity index (χ4v) is 1.67. The lowest BCUT2D eigenvalue weighted by atomic mass is 10.1. The van der Waals surface area contributed by atoms with E-state index >= 15 is 0 Å². The van der Waals surface area contributed by atoms with E-state index in [1.165, 1.54) is 36.4 Å². The molecule has 0 amide bonds. The molecule has 0 aliphatic carbocycles. The van der Waals surface area contributed by atoms with E-state index in [1.807, 2.05) is 0 Å². The second-order valence-electron chi connectivity index (χ2n) is 4.10. The first-order valence-corrected chi connectivity index (χ1v) is 5.83. The topological polar surface area (TPSA) is 55.5 Å². The first kappa shape index (κ1) is 14.7. The molecule has 0 unspecified atom stereocenters. The molecule has 21 heavy (non-hydrogen) atoms. The van der Waals surface area contributed by atoms with Gasteiger partial charge in [-0.2, -0.15) is 13.2 Å². The molecule has 0 aliphatic heterocycles. The van der Waals surface area contributed by atoms with E-state index in [4.69, 9.17) is 0 Å². The van der Waals surface area contributed by atoms with Gasteiger partial charge in [-0.05, 0) is 12.1 Å². The van der Waals surface area contributed by atoms with Crippen molar-refractivity contribution in [3.05, 3.63) is 70.3 Å². The van der Waals surface area contributed by atoms with Crippen molar-refractivity contribution < 1.29 is 18.1 Å². The predicted octanol–water partition coefficient (Wildman–Crippen LogP) is 4.28. The van der Waals surface area contributed by atoms with Gasteiger partial charge in [-0.3, -0.25) is 10.1 Å². The first-order chi connectivity index (χ1) is 9.88. The van der Waals surface area contributed by atoms with Crippen LogP contribution in [0.25, 0.3) is 0 Å². The van der Waals surface area contributed by atoms with E-state index in [2.05, 4.69) is 4.99 Å². The maximum Gasteiger partial charge on any atom is 0.433 e. The summed E-state index contributed by atoms with van der Waals surface area (Å²) in [5.74, 6) is 0. The molecule has 0 atom stereocenters. The van der Waals surface area contributed by atoms with Gasteiger partial charge in [-0.15, -0.1) is 0 Å². The van der Waals surface area contributed by atoms with E-state index < -0.39 is 16.8 Å². The van der Waals surface area contributed by atoms with Crippen molar-refractivity contribution in [3.8, 4) is 0 Å². The summed E-state index contributed by atoms with van der Waals surface area (Å²) in [6.07, 6.45) is -4.62. The molecule has 0 saturated heterocycles. The normalized spacial score (nSPS) is 12.2. The summed E-state index contributed by atoms with van der Waals surface area (Å²) in [6, 6.07) is 11.7. The SMILES string of the molecule is O=[N+]([O-])c1ccc(N=C(c2ccccc2)C(F)(F)F)cc1. The number of nitro benzene ring substituents is 1. The highest BCUT2D eigenvalue weighted by molar-refractivity contribution is 6.05. The molecule has 0 radical (unpaired) electrons. The van der Waals surface area contributed by atoms with E-state index in [9.17, 15) is 23.3 Å². The van der Waals surface area contributed by atoms with Crippen molar-refractivity contribution in [3.63, 3.8) is 0 Å². The molecular formula is C14H9F3N2O2. The second-order valence-corrected chi connectivity index (χ2v) is 4.10. The van der Waals surface area contributed by atoms with Crippen molar-refractivity contribution in [1.82, 2.24) is 0 Å². The monoisotopic (exact) mass is 294 g/mol. The van der Waals surface area contributed by atoms with Crippen molar-refractivity contribution in [2.45, 2.75) is 6.18 Å². The van der Waals surface area contributed by atoms with Gasteiger partial charge in [0.05, 0.1) is 10.6 Å². The van der Waals surface area contributed by atoms with Gasteiger partial charge in [0.2, 0.25) is 0 Å². The summed E-state index contributed by atoms with van der Waals surface area (Å²) in [7, 11) is 0. The van der Waals surface area contributed by atoms with Crippen LogP contribution in [-0.4, -0.2) is 16.8 Å². The van der Waals surface area contributed by atoms with Crippen LogP contribution in [0.3, 0.4) is 0 Å². The molecule has 108 valence electrons. The molecule has 2 aromatic rings. The molecule has 0 aliphatic rings.